The van der Waals surface area contributed by atoms with E-state index in [-0.39, 0.29) is 5.91 Å². The van der Waals surface area contributed by atoms with Crippen molar-refractivity contribution < 1.29 is 4.79 Å². The maximum absolute atomic E-state index is 12.2. The highest BCUT2D eigenvalue weighted by Crippen LogP contribution is 2.35. The van der Waals surface area contributed by atoms with E-state index in [0.717, 1.165) is 29.4 Å². The Bertz CT molecular complexity index is 608. The van der Waals surface area contributed by atoms with Gasteiger partial charge in [-0.2, -0.15) is 0 Å². The van der Waals surface area contributed by atoms with Gasteiger partial charge in [0.2, 0.25) is 0 Å². The number of carbonyl (C=O) groups excluding carboxylic acids is 1. The monoisotopic (exact) mass is 308 g/mol. The fourth-order valence-electron chi connectivity index (χ4n) is 2.67. The predicted octanol–water partition coefficient (Wildman–Crippen LogP) is 2.50. The van der Waals surface area contributed by atoms with Crippen LogP contribution in [0, 0.1) is 6.92 Å². The van der Waals surface area contributed by atoms with Gasteiger partial charge in [-0.1, -0.05) is 4.49 Å². The number of fused-ring (bicyclic) bond motifs is 1. The summed E-state index contributed by atoms with van der Waals surface area (Å²) in [4.78, 5) is 20.7. The first-order valence-corrected chi connectivity index (χ1v) is 8.23. The summed E-state index contributed by atoms with van der Waals surface area (Å²) < 4.78 is 3.75. The Morgan fingerprint density at radius 2 is 2.40 bits per heavy atom. The van der Waals surface area contributed by atoms with E-state index in [1.54, 1.807) is 16.2 Å². The molecule has 0 spiro atoms. The molecule has 1 aliphatic carbocycles. The quantitative estimate of drug-likeness (QED) is 0.874. The molecule has 0 saturated carbocycles. The van der Waals surface area contributed by atoms with E-state index >= 15 is 0 Å². The Morgan fingerprint density at radius 3 is 3.15 bits per heavy atom. The molecule has 1 atom stereocenters. The van der Waals surface area contributed by atoms with Crippen LogP contribution in [-0.4, -0.2) is 39.0 Å². The van der Waals surface area contributed by atoms with Crippen molar-refractivity contribution in [1.82, 2.24) is 19.5 Å². The van der Waals surface area contributed by atoms with Crippen LogP contribution in [0.4, 0.5) is 0 Å². The first-order valence-electron chi connectivity index (χ1n) is 6.64. The Labute approximate surface area is 125 Å². The van der Waals surface area contributed by atoms with Crippen LogP contribution >= 0.6 is 22.9 Å². The van der Waals surface area contributed by atoms with Gasteiger partial charge in [-0.15, -0.1) is 16.4 Å². The molecule has 0 aliphatic heterocycles. The lowest BCUT2D eigenvalue weighted by Gasteiger charge is -2.26. The van der Waals surface area contributed by atoms with Crippen molar-refractivity contribution in [3.05, 3.63) is 26.7 Å². The average molecular weight is 308 g/mol. The third kappa shape index (κ3) is 2.60. The first-order chi connectivity index (χ1) is 9.65. The zero-order valence-corrected chi connectivity index (χ0v) is 13.1. The number of thiazole rings is 1. The second kappa shape index (κ2) is 5.57. The molecule has 1 amide bonds. The third-order valence-corrected chi connectivity index (χ3v) is 5.29. The average Bonchev–Trinajstić information content (AvgIpc) is 3.06. The largest absolute Gasteiger partial charge is 0.340 e. The summed E-state index contributed by atoms with van der Waals surface area (Å²) >= 11 is 2.94. The molecule has 0 radical (unpaired) electrons. The second-order valence-electron chi connectivity index (χ2n) is 5.10. The molecule has 2 aromatic heterocycles. The zero-order valence-electron chi connectivity index (χ0n) is 11.5. The third-order valence-electron chi connectivity index (χ3n) is 3.59. The van der Waals surface area contributed by atoms with E-state index in [1.165, 1.54) is 23.2 Å². The number of likely N-dealkylation sites (N-methyl/N-ethyl adjacent to an activating group) is 1. The first kappa shape index (κ1) is 13.6. The van der Waals surface area contributed by atoms with Crippen LogP contribution in [0.25, 0.3) is 0 Å². The van der Waals surface area contributed by atoms with Crippen molar-refractivity contribution in [2.75, 3.05) is 13.6 Å². The molecule has 0 fully saturated rings. The fraction of sp³-hybridized carbons (Fsp3) is 0.538. The molecule has 20 heavy (non-hydrogen) atoms. The summed E-state index contributed by atoms with van der Waals surface area (Å²) in [6.07, 6.45) is 4.95. The second-order valence-corrected chi connectivity index (χ2v) is 7.17. The van der Waals surface area contributed by atoms with Gasteiger partial charge in [0, 0.05) is 24.4 Å². The molecule has 7 heteroatoms. The van der Waals surface area contributed by atoms with E-state index in [1.807, 2.05) is 7.05 Å². The van der Waals surface area contributed by atoms with Crippen molar-refractivity contribution in [2.45, 2.75) is 32.1 Å². The molecule has 0 bridgehead atoms. The van der Waals surface area contributed by atoms with E-state index in [9.17, 15) is 4.79 Å². The Kier molecular flexibility index (Phi) is 3.80. The predicted molar refractivity (Wildman–Crippen MR) is 79.4 cm³/mol. The summed E-state index contributed by atoms with van der Waals surface area (Å²) in [5, 5.41) is 4.85. The van der Waals surface area contributed by atoms with E-state index in [2.05, 4.69) is 21.5 Å². The zero-order chi connectivity index (χ0) is 14.1. The number of rotatable bonds is 3. The van der Waals surface area contributed by atoms with Gasteiger partial charge >= 0.3 is 0 Å². The van der Waals surface area contributed by atoms with Crippen molar-refractivity contribution in [3.63, 3.8) is 0 Å². The molecule has 0 unspecified atom stereocenters. The van der Waals surface area contributed by atoms with E-state index < -0.39 is 0 Å². The minimum atomic E-state index is -0.000856. The van der Waals surface area contributed by atoms with Crippen LogP contribution in [0.15, 0.2) is 6.20 Å². The summed E-state index contributed by atoms with van der Waals surface area (Å²) in [5.74, 6) is 0.359. The molecule has 1 aliphatic rings. The fourth-order valence-corrected chi connectivity index (χ4v) is 4.24. The highest BCUT2D eigenvalue weighted by molar-refractivity contribution is 7.11. The lowest BCUT2D eigenvalue weighted by Crippen LogP contribution is -2.31. The molecule has 0 N–H and O–H groups in total. The van der Waals surface area contributed by atoms with Crippen molar-refractivity contribution in [2.24, 2.45) is 0 Å². The Balaban J connectivity index is 1.74. The van der Waals surface area contributed by atoms with Gasteiger partial charge in [-0.05, 0) is 37.7 Å². The van der Waals surface area contributed by atoms with Gasteiger partial charge in [0.25, 0.3) is 5.91 Å². The van der Waals surface area contributed by atoms with Crippen molar-refractivity contribution in [1.29, 1.82) is 0 Å². The lowest BCUT2D eigenvalue weighted by molar-refractivity contribution is 0.0787. The Hall–Kier alpha value is -1.34. The number of hydrogen-bond donors (Lipinski definition) is 0. The minimum absolute atomic E-state index is 0.000856. The molecule has 2 aromatic rings. The van der Waals surface area contributed by atoms with E-state index in [0.29, 0.717) is 17.3 Å². The number of aromatic nitrogens is 3. The van der Waals surface area contributed by atoms with Crippen LogP contribution in [0.3, 0.4) is 0 Å². The molecule has 5 nitrogen and oxygen atoms in total. The number of aryl methyl sites for hydroxylation is 2. The minimum Gasteiger partial charge on any atom is -0.340 e. The van der Waals surface area contributed by atoms with Crippen LogP contribution in [0.5, 0.6) is 0 Å². The molecule has 2 heterocycles. The van der Waals surface area contributed by atoms with Crippen molar-refractivity contribution in [3.8, 4) is 0 Å². The van der Waals surface area contributed by atoms with Crippen molar-refractivity contribution >= 4 is 28.8 Å². The Morgan fingerprint density at radius 1 is 1.55 bits per heavy atom. The van der Waals surface area contributed by atoms with Gasteiger partial charge in [-0.3, -0.25) is 4.79 Å². The maximum Gasteiger partial charge on any atom is 0.266 e. The summed E-state index contributed by atoms with van der Waals surface area (Å²) in [6, 6.07) is 0. The lowest BCUT2D eigenvalue weighted by atomic mass is 9.90. The summed E-state index contributed by atoms with van der Waals surface area (Å²) in [7, 11) is 1.84. The summed E-state index contributed by atoms with van der Waals surface area (Å²) in [6.45, 7) is 2.77. The normalized spacial score (nSPS) is 17.8. The number of amides is 1. The van der Waals surface area contributed by atoms with Gasteiger partial charge in [0.1, 0.15) is 4.88 Å². The number of hydrogen-bond acceptors (Lipinski definition) is 6. The highest BCUT2D eigenvalue weighted by Gasteiger charge is 2.27. The smallest absolute Gasteiger partial charge is 0.266 e. The van der Waals surface area contributed by atoms with E-state index in [4.69, 9.17) is 0 Å². The maximum atomic E-state index is 12.2. The summed E-state index contributed by atoms with van der Waals surface area (Å²) in [5.41, 5.74) is 1.21. The topological polar surface area (TPSA) is 59.0 Å². The standard InChI is InChI=1S/C13H16N4OS2/c1-8-15-12-9(4-3-5-10(12)19-8)7-17(2)13(18)11-6-14-16-20-11/h6,9H,3-5,7H2,1-2H3/t9-/m0/s1. The molecule has 0 saturated heterocycles. The SMILES string of the molecule is Cc1nc2c(s1)CCC[C@H]2CN(C)C(=O)c1cnns1. The van der Waals surface area contributed by atoms with Gasteiger partial charge in [-0.25, -0.2) is 4.98 Å². The molecule has 106 valence electrons. The molecular weight excluding hydrogens is 292 g/mol. The van der Waals surface area contributed by atoms with Crippen LogP contribution in [0.1, 0.15) is 44.0 Å². The number of carbonyl (C=O) groups is 1. The number of nitrogens with zero attached hydrogens (tertiary/aromatic N) is 4. The molecule has 3 rings (SSSR count). The van der Waals surface area contributed by atoms with Gasteiger partial charge < -0.3 is 4.90 Å². The van der Waals surface area contributed by atoms with Crippen LogP contribution in [0.2, 0.25) is 0 Å². The van der Waals surface area contributed by atoms with Crippen LogP contribution < -0.4 is 0 Å². The molecular formula is C13H16N4OS2. The van der Waals surface area contributed by atoms with Gasteiger partial charge in [0.05, 0.1) is 16.9 Å². The van der Waals surface area contributed by atoms with Crippen LogP contribution in [-0.2, 0) is 6.42 Å². The highest BCUT2D eigenvalue weighted by atomic mass is 32.1. The van der Waals surface area contributed by atoms with Gasteiger partial charge in [0.15, 0.2) is 0 Å². The molecule has 0 aromatic carbocycles.